The van der Waals surface area contributed by atoms with Crippen molar-refractivity contribution in [2.75, 3.05) is 26.2 Å². The molecule has 1 rings (SSSR count). The molecule has 0 spiro atoms. The van der Waals surface area contributed by atoms with Crippen LogP contribution in [-0.4, -0.2) is 37.5 Å². The number of hydrogen-bond donors (Lipinski definition) is 1. The predicted octanol–water partition coefficient (Wildman–Crippen LogP) is 2.09. The Kier molecular flexibility index (Phi) is 6.10. The van der Waals surface area contributed by atoms with Crippen molar-refractivity contribution >= 4 is 0 Å². The first-order valence-corrected chi connectivity index (χ1v) is 5.93. The maximum Gasteiger partial charge on any atom is 0.251 e. The number of hydrogen-bond acceptors (Lipinski definition) is 2. The molecule has 0 aliphatic carbocycles. The van der Waals surface area contributed by atoms with E-state index in [4.69, 9.17) is 5.73 Å². The molecule has 0 bridgehead atoms. The van der Waals surface area contributed by atoms with Gasteiger partial charge in [0.1, 0.15) is 0 Å². The molecule has 1 fully saturated rings. The number of likely N-dealkylation sites (tertiary alicyclic amines) is 1. The quantitative estimate of drug-likeness (QED) is 0.768. The van der Waals surface area contributed by atoms with Crippen molar-refractivity contribution in [2.45, 2.75) is 38.5 Å². The molecule has 1 aliphatic rings. The van der Waals surface area contributed by atoms with Crippen molar-refractivity contribution in [3.05, 3.63) is 0 Å². The van der Waals surface area contributed by atoms with Crippen molar-refractivity contribution < 1.29 is 8.78 Å². The number of nitrogens with two attached hydrogens (primary N) is 1. The predicted molar refractivity (Wildman–Crippen MR) is 58.1 cm³/mol. The van der Waals surface area contributed by atoms with Gasteiger partial charge < -0.3 is 5.73 Å². The summed E-state index contributed by atoms with van der Waals surface area (Å²) in [5, 5.41) is 0. The van der Waals surface area contributed by atoms with Crippen LogP contribution in [0.3, 0.4) is 0 Å². The zero-order valence-electron chi connectivity index (χ0n) is 9.30. The fourth-order valence-electron chi connectivity index (χ4n) is 2.32. The first-order valence-electron chi connectivity index (χ1n) is 5.93. The molecule has 1 unspecified atom stereocenters. The molecule has 0 amide bonds. The molecule has 1 saturated heterocycles. The molecular formula is C11H22F2N2. The van der Waals surface area contributed by atoms with Crippen LogP contribution in [0.25, 0.3) is 0 Å². The monoisotopic (exact) mass is 220 g/mol. The highest BCUT2D eigenvalue weighted by Gasteiger charge is 2.19. The Labute approximate surface area is 90.8 Å². The highest BCUT2D eigenvalue weighted by Crippen LogP contribution is 2.20. The van der Waals surface area contributed by atoms with Gasteiger partial charge in [0.2, 0.25) is 0 Å². The van der Waals surface area contributed by atoms with Gasteiger partial charge in [-0.1, -0.05) is 6.42 Å². The van der Waals surface area contributed by atoms with Crippen LogP contribution in [0.4, 0.5) is 8.78 Å². The first-order chi connectivity index (χ1) is 7.22. The molecule has 2 nitrogen and oxygen atoms in total. The molecule has 15 heavy (non-hydrogen) atoms. The Hall–Kier alpha value is -0.220. The number of nitrogens with zero attached hydrogens (tertiary/aromatic N) is 1. The smallest absolute Gasteiger partial charge is 0.251 e. The molecule has 0 aromatic rings. The molecule has 0 aromatic carbocycles. The van der Waals surface area contributed by atoms with Gasteiger partial charge in [0.15, 0.2) is 0 Å². The van der Waals surface area contributed by atoms with Crippen molar-refractivity contribution in [3.8, 4) is 0 Å². The molecule has 0 saturated carbocycles. The molecular weight excluding hydrogens is 198 g/mol. The normalized spacial score (nSPS) is 24.4. The Morgan fingerprint density at radius 2 is 2.13 bits per heavy atom. The van der Waals surface area contributed by atoms with Crippen LogP contribution < -0.4 is 5.73 Å². The summed E-state index contributed by atoms with van der Waals surface area (Å²) in [6.45, 7) is 2.33. The van der Waals surface area contributed by atoms with Gasteiger partial charge in [-0.25, -0.2) is 8.78 Å². The molecule has 4 heteroatoms. The zero-order valence-corrected chi connectivity index (χ0v) is 9.30. The van der Waals surface area contributed by atoms with Crippen LogP contribution in [0.2, 0.25) is 0 Å². The van der Waals surface area contributed by atoms with Gasteiger partial charge in [-0.3, -0.25) is 4.90 Å². The lowest BCUT2D eigenvalue weighted by Gasteiger charge is -2.23. The number of alkyl halides is 2. The molecule has 2 N–H and O–H groups in total. The average molecular weight is 220 g/mol. The Morgan fingerprint density at radius 3 is 2.80 bits per heavy atom. The highest BCUT2D eigenvalue weighted by atomic mass is 19.3. The van der Waals surface area contributed by atoms with E-state index in [1.54, 1.807) is 0 Å². The van der Waals surface area contributed by atoms with E-state index in [0.717, 1.165) is 32.4 Å². The summed E-state index contributed by atoms with van der Waals surface area (Å²) in [6, 6.07) is 0. The second-order valence-corrected chi connectivity index (χ2v) is 4.44. The fourth-order valence-corrected chi connectivity index (χ4v) is 2.32. The maximum absolute atomic E-state index is 12.3. The third kappa shape index (κ3) is 5.42. The van der Waals surface area contributed by atoms with Gasteiger partial charge in [-0.2, -0.15) is 0 Å². The van der Waals surface area contributed by atoms with Gasteiger partial charge in [0.25, 0.3) is 6.43 Å². The van der Waals surface area contributed by atoms with Crippen molar-refractivity contribution in [3.63, 3.8) is 0 Å². The molecule has 1 heterocycles. The van der Waals surface area contributed by atoms with Crippen LogP contribution >= 0.6 is 0 Å². The van der Waals surface area contributed by atoms with E-state index in [-0.39, 0.29) is 6.54 Å². The summed E-state index contributed by atoms with van der Waals surface area (Å²) >= 11 is 0. The highest BCUT2D eigenvalue weighted by molar-refractivity contribution is 4.72. The summed E-state index contributed by atoms with van der Waals surface area (Å²) in [4.78, 5) is 1.92. The minimum absolute atomic E-state index is 0.0564. The van der Waals surface area contributed by atoms with Crippen molar-refractivity contribution in [2.24, 2.45) is 11.7 Å². The second kappa shape index (κ2) is 7.12. The van der Waals surface area contributed by atoms with Crippen molar-refractivity contribution in [1.29, 1.82) is 0 Å². The summed E-state index contributed by atoms with van der Waals surface area (Å²) in [5.74, 6) is 0.579. The minimum Gasteiger partial charge on any atom is -0.330 e. The molecule has 0 radical (unpaired) electrons. The van der Waals surface area contributed by atoms with E-state index in [1.807, 2.05) is 4.90 Å². The zero-order chi connectivity index (χ0) is 11.1. The standard InChI is InChI=1S/C11H22F2N2/c12-11(13)9-15-7-2-1-4-10(8-15)5-3-6-14/h10-11H,1-9,14H2. The van der Waals surface area contributed by atoms with Crippen LogP contribution in [0.15, 0.2) is 0 Å². The van der Waals surface area contributed by atoms with Gasteiger partial charge in [0.05, 0.1) is 6.54 Å². The SMILES string of the molecule is NCCCC1CCCCN(CC(F)F)C1. The van der Waals surface area contributed by atoms with Crippen LogP contribution in [-0.2, 0) is 0 Å². The first kappa shape index (κ1) is 12.8. The van der Waals surface area contributed by atoms with E-state index in [9.17, 15) is 8.78 Å². The topological polar surface area (TPSA) is 29.3 Å². The molecule has 1 aliphatic heterocycles. The van der Waals surface area contributed by atoms with Crippen LogP contribution in [0.1, 0.15) is 32.1 Å². The van der Waals surface area contributed by atoms with Crippen molar-refractivity contribution in [1.82, 2.24) is 4.90 Å². The van der Waals surface area contributed by atoms with Gasteiger partial charge in [-0.15, -0.1) is 0 Å². The van der Waals surface area contributed by atoms with E-state index in [2.05, 4.69) is 0 Å². The Balaban J connectivity index is 2.31. The third-order valence-electron chi connectivity index (χ3n) is 3.07. The van der Waals surface area contributed by atoms with Crippen LogP contribution in [0, 0.1) is 5.92 Å². The largest absolute Gasteiger partial charge is 0.330 e. The van der Waals surface area contributed by atoms with E-state index in [0.29, 0.717) is 12.5 Å². The van der Waals surface area contributed by atoms with E-state index in [1.165, 1.54) is 12.8 Å². The van der Waals surface area contributed by atoms with Gasteiger partial charge in [0, 0.05) is 6.54 Å². The average Bonchev–Trinajstić information content (AvgIpc) is 2.39. The molecule has 1 atom stereocenters. The Morgan fingerprint density at radius 1 is 1.33 bits per heavy atom. The summed E-state index contributed by atoms with van der Waals surface area (Å²) in [6.07, 6.45) is 3.34. The Bertz CT molecular complexity index is 165. The van der Waals surface area contributed by atoms with E-state index < -0.39 is 6.43 Å². The lowest BCUT2D eigenvalue weighted by atomic mass is 9.98. The third-order valence-corrected chi connectivity index (χ3v) is 3.07. The van der Waals surface area contributed by atoms with Crippen LogP contribution in [0.5, 0.6) is 0 Å². The lowest BCUT2D eigenvalue weighted by Crippen LogP contribution is -2.32. The minimum atomic E-state index is -2.20. The second-order valence-electron chi connectivity index (χ2n) is 4.44. The number of halogens is 2. The van der Waals surface area contributed by atoms with Gasteiger partial charge >= 0.3 is 0 Å². The fraction of sp³-hybridized carbons (Fsp3) is 1.00. The maximum atomic E-state index is 12.3. The summed E-state index contributed by atoms with van der Waals surface area (Å²) in [7, 11) is 0. The van der Waals surface area contributed by atoms with E-state index >= 15 is 0 Å². The summed E-state index contributed by atoms with van der Waals surface area (Å²) < 4.78 is 24.5. The summed E-state index contributed by atoms with van der Waals surface area (Å²) in [5.41, 5.74) is 5.47. The molecule has 90 valence electrons. The molecule has 0 aromatic heterocycles. The number of rotatable bonds is 5. The lowest BCUT2D eigenvalue weighted by molar-refractivity contribution is 0.0831. The van der Waals surface area contributed by atoms with Gasteiger partial charge in [-0.05, 0) is 44.7 Å².